The van der Waals surface area contributed by atoms with Crippen LogP contribution in [0.2, 0.25) is 0 Å². The van der Waals surface area contributed by atoms with Crippen molar-refractivity contribution in [2.24, 2.45) is 5.92 Å². The zero-order chi connectivity index (χ0) is 14.8. The van der Waals surface area contributed by atoms with Gasteiger partial charge in [0.1, 0.15) is 5.75 Å². The summed E-state index contributed by atoms with van der Waals surface area (Å²) in [7, 11) is 1.67. The van der Waals surface area contributed by atoms with Gasteiger partial charge in [0.25, 0.3) is 0 Å². The number of carbonyl (C=O) groups is 1. The van der Waals surface area contributed by atoms with Crippen molar-refractivity contribution in [1.82, 2.24) is 5.32 Å². The molecule has 0 saturated heterocycles. The summed E-state index contributed by atoms with van der Waals surface area (Å²) in [6, 6.07) is 8.11. The normalized spacial score (nSPS) is 12.1. The number of hydrogen-bond donors (Lipinski definition) is 2. The molecule has 0 fully saturated rings. The van der Waals surface area contributed by atoms with Crippen LogP contribution >= 0.6 is 0 Å². The fourth-order valence-electron chi connectivity index (χ4n) is 2.01. The van der Waals surface area contributed by atoms with Crippen LogP contribution in [0.5, 0.6) is 5.75 Å². The number of carboxylic acid groups (broad SMARTS) is 1. The van der Waals surface area contributed by atoms with Crippen molar-refractivity contribution in [2.75, 3.05) is 20.2 Å². The molecule has 1 aromatic carbocycles. The smallest absolute Gasteiger partial charge is 0.303 e. The zero-order valence-electron chi connectivity index (χ0n) is 12.4. The minimum absolute atomic E-state index is 0.271. The number of aliphatic carboxylic acids is 1. The van der Waals surface area contributed by atoms with Gasteiger partial charge < -0.3 is 15.2 Å². The molecule has 0 bridgehead atoms. The van der Waals surface area contributed by atoms with E-state index in [0.717, 1.165) is 38.1 Å². The monoisotopic (exact) mass is 279 g/mol. The van der Waals surface area contributed by atoms with Crippen LogP contribution in [0.1, 0.15) is 31.7 Å². The summed E-state index contributed by atoms with van der Waals surface area (Å²) in [6.45, 7) is 3.99. The molecule has 0 amide bonds. The first-order valence-electron chi connectivity index (χ1n) is 7.17. The van der Waals surface area contributed by atoms with Gasteiger partial charge in [-0.15, -0.1) is 0 Å². The third-order valence-corrected chi connectivity index (χ3v) is 3.41. The predicted molar refractivity (Wildman–Crippen MR) is 80.2 cm³/mol. The first-order chi connectivity index (χ1) is 9.61. The van der Waals surface area contributed by atoms with E-state index in [4.69, 9.17) is 9.84 Å². The molecule has 112 valence electrons. The number of nitrogens with one attached hydrogen (secondary N) is 1. The fourth-order valence-corrected chi connectivity index (χ4v) is 2.01. The molecule has 1 atom stereocenters. The fraction of sp³-hybridized carbons (Fsp3) is 0.562. The summed E-state index contributed by atoms with van der Waals surface area (Å²) in [6.07, 6.45) is 3.05. The third-order valence-electron chi connectivity index (χ3n) is 3.41. The highest BCUT2D eigenvalue weighted by Crippen LogP contribution is 2.11. The predicted octanol–water partition coefficient (Wildman–Crippen LogP) is 2.72. The van der Waals surface area contributed by atoms with Gasteiger partial charge in [-0.25, -0.2) is 0 Å². The van der Waals surface area contributed by atoms with E-state index in [-0.39, 0.29) is 6.42 Å². The molecule has 1 rings (SSSR count). The second kappa shape index (κ2) is 9.37. The molecular weight excluding hydrogens is 254 g/mol. The topological polar surface area (TPSA) is 58.6 Å². The molecule has 0 spiro atoms. The van der Waals surface area contributed by atoms with Crippen LogP contribution < -0.4 is 10.1 Å². The highest BCUT2D eigenvalue weighted by Gasteiger charge is 2.04. The SMILES string of the molecule is COc1ccc(CCNCCC(C)CCC(=O)O)cc1. The Morgan fingerprint density at radius 2 is 1.95 bits per heavy atom. The number of hydrogen-bond acceptors (Lipinski definition) is 3. The van der Waals surface area contributed by atoms with Gasteiger partial charge in [0.15, 0.2) is 0 Å². The Morgan fingerprint density at radius 3 is 2.55 bits per heavy atom. The molecule has 0 saturated carbocycles. The number of benzene rings is 1. The van der Waals surface area contributed by atoms with Crippen LogP contribution in [0.15, 0.2) is 24.3 Å². The van der Waals surface area contributed by atoms with Crippen LogP contribution in [0, 0.1) is 5.92 Å². The van der Waals surface area contributed by atoms with E-state index in [0.29, 0.717) is 5.92 Å². The quantitative estimate of drug-likeness (QED) is 0.647. The summed E-state index contributed by atoms with van der Waals surface area (Å²) < 4.78 is 5.12. The molecule has 0 aliphatic carbocycles. The van der Waals surface area contributed by atoms with Gasteiger partial charge in [-0.3, -0.25) is 4.79 Å². The van der Waals surface area contributed by atoms with Gasteiger partial charge in [0.05, 0.1) is 7.11 Å². The number of rotatable bonds is 10. The Labute approximate surface area is 121 Å². The van der Waals surface area contributed by atoms with Gasteiger partial charge >= 0.3 is 5.97 Å². The summed E-state index contributed by atoms with van der Waals surface area (Å²) in [5, 5.41) is 12.0. The number of methoxy groups -OCH3 is 1. The Hall–Kier alpha value is -1.55. The highest BCUT2D eigenvalue weighted by molar-refractivity contribution is 5.66. The van der Waals surface area contributed by atoms with E-state index in [9.17, 15) is 4.79 Å². The Balaban J connectivity index is 2.07. The van der Waals surface area contributed by atoms with Gasteiger partial charge in [-0.2, -0.15) is 0 Å². The van der Waals surface area contributed by atoms with Crippen molar-refractivity contribution >= 4 is 5.97 Å². The first-order valence-corrected chi connectivity index (χ1v) is 7.17. The van der Waals surface area contributed by atoms with Gasteiger partial charge in [0.2, 0.25) is 0 Å². The molecule has 0 aromatic heterocycles. The van der Waals surface area contributed by atoms with Crippen LogP contribution in [0.4, 0.5) is 0 Å². The third kappa shape index (κ3) is 7.14. The summed E-state index contributed by atoms with van der Waals surface area (Å²) in [4.78, 5) is 10.5. The Kier molecular flexibility index (Phi) is 7.73. The molecule has 0 aliphatic rings. The summed E-state index contributed by atoms with van der Waals surface area (Å²) in [5.74, 6) is 0.637. The van der Waals surface area contributed by atoms with Crippen LogP contribution in [-0.2, 0) is 11.2 Å². The lowest BCUT2D eigenvalue weighted by molar-refractivity contribution is -0.137. The maximum atomic E-state index is 10.5. The lowest BCUT2D eigenvalue weighted by Gasteiger charge is -2.10. The Bertz CT molecular complexity index is 389. The summed E-state index contributed by atoms with van der Waals surface area (Å²) in [5.41, 5.74) is 1.29. The average molecular weight is 279 g/mol. The summed E-state index contributed by atoms with van der Waals surface area (Å²) >= 11 is 0. The average Bonchev–Trinajstić information content (AvgIpc) is 2.45. The minimum atomic E-state index is -0.704. The highest BCUT2D eigenvalue weighted by atomic mass is 16.5. The molecule has 4 nitrogen and oxygen atoms in total. The second-order valence-electron chi connectivity index (χ2n) is 5.17. The molecule has 0 heterocycles. The van der Waals surface area contributed by atoms with E-state index in [2.05, 4.69) is 24.4 Å². The standard InChI is InChI=1S/C16H25NO3/c1-13(3-8-16(18)19)9-11-17-12-10-14-4-6-15(20-2)7-5-14/h4-7,13,17H,3,8-12H2,1-2H3,(H,18,19). The van der Waals surface area contributed by atoms with Crippen LogP contribution in [-0.4, -0.2) is 31.3 Å². The number of carboxylic acids is 1. The lowest BCUT2D eigenvalue weighted by atomic mass is 10.0. The molecule has 1 aromatic rings. The molecule has 0 radical (unpaired) electrons. The molecule has 4 heteroatoms. The van der Waals surface area contributed by atoms with Gasteiger partial charge in [-0.1, -0.05) is 19.1 Å². The van der Waals surface area contributed by atoms with Crippen molar-refractivity contribution in [2.45, 2.75) is 32.6 Å². The lowest BCUT2D eigenvalue weighted by Crippen LogP contribution is -2.20. The molecule has 0 aliphatic heterocycles. The van der Waals surface area contributed by atoms with Crippen molar-refractivity contribution in [1.29, 1.82) is 0 Å². The van der Waals surface area contributed by atoms with Gasteiger partial charge in [0, 0.05) is 6.42 Å². The largest absolute Gasteiger partial charge is 0.497 e. The zero-order valence-corrected chi connectivity index (χ0v) is 12.4. The first kappa shape index (κ1) is 16.5. The van der Waals surface area contributed by atoms with E-state index in [1.54, 1.807) is 7.11 Å². The minimum Gasteiger partial charge on any atom is -0.497 e. The van der Waals surface area contributed by atoms with Crippen molar-refractivity contribution in [3.8, 4) is 5.75 Å². The van der Waals surface area contributed by atoms with Gasteiger partial charge in [-0.05, 0) is 56.0 Å². The molecule has 20 heavy (non-hydrogen) atoms. The van der Waals surface area contributed by atoms with E-state index < -0.39 is 5.97 Å². The number of ether oxygens (including phenoxy) is 1. The van der Waals surface area contributed by atoms with Crippen molar-refractivity contribution in [3.63, 3.8) is 0 Å². The molecular formula is C16H25NO3. The van der Waals surface area contributed by atoms with E-state index >= 15 is 0 Å². The van der Waals surface area contributed by atoms with E-state index in [1.807, 2.05) is 12.1 Å². The molecule has 2 N–H and O–H groups in total. The van der Waals surface area contributed by atoms with Crippen LogP contribution in [0.3, 0.4) is 0 Å². The van der Waals surface area contributed by atoms with Crippen LogP contribution in [0.25, 0.3) is 0 Å². The van der Waals surface area contributed by atoms with Crippen molar-refractivity contribution in [3.05, 3.63) is 29.8 Å². The maximum Gasteiger partial charge on any atom is 0.303 e. The Morgan fingerprint density at radius 1 is 1.25 bits per heavy atom. The molecule has 1 unspecified atom stereocenters. The van der Waals surface area contributed by atoms with Crippen molar-refractivity contribution < 1.29 is 14.6 Å². The van der Waals surface area contributed by atoms with E-state index in [1.165, 1.54) is 5.56 Å². The second-order valence-corrected chi connectivity index (χ2v) is 5.17. The maximum absolute atomic E-state index is 10.5.